The number of nitrogens with zero attached hydrogens (tertiary/aromatic N) is 1. The summed E-state index contributed by atoms with van der Waals surface area (Å²) in [7, 11) is 1.29. The van der Waals surface area contributed by atoms with Crippen LogP contribution in [0.4, 0.5) is 0 Å². The van der Waals surface area contributed by atoms with Gasteiger partial charge in [-0.25, -0.2) is 4.79 Å². The smallest absolute Gasteiger partial charge is 0.334 e. The van der Waals surface area contributed by atoms with Gasteiger partial charge in [0.1, 0.15) is 5.76 Å². The molecule has 1 aromatic heterocycles. The van der Waals surface area contributed by atoms with E-state index in [-0.39, 0.29) is 12.5 Å². The normalized spacial score (nSPS) is 12.0. The third-order valence-corrected chi connectivity index (χ3v) is 4.79. The highest BCUT2D eigenvalue weighted by Gasteiger charge is 2.19. The Hall–Kier alpha value is -2.32. The summed E-state index contributed by atoms with van der Waals surface area (Å²) in [6.45, 7) is 3.63. The molecule has 2 N–H and O–H groups in total. The summed E-state index contributed by atoms with van der Waals surface area (Å²) in [5.41, 5.74) is 2.32. The molecule has 0 fully saturated rings. The van der Waals surface area contributed by atoms with E-state index in [2.05, 4.69) is 10.5 Å². The summed E-state index contributed by atoms with van der Waals surface area (Å²) in [5.74, 6) is -0.0771. The Morgan fingerprint density at radius 3 is 2.68 bits per heavy atom. The number of aryl methyl sites for hydroxylation is 2. The van der Waals surface area contributed by atoms with Crippen LogP contribution in [0.3, 0.4) is 0 Å². The van der Waals surface area contributed by atoms with Crippen LogP contribution >= 0.6 is 11.8 Å². The Morgan fingerprint density at radius 2 is 2.08 bits per heavy atom. The maximum atomic E-state index is 12.4. The standard InChI is InChI=1S/C17H20N2O5S/c1-10-13(11(2)24-19-10)9-25-15-7-5-4-6-12(15)16(20)18-8-14(23-3)17(21)22/h4-7,14H,8-9H2,1-3H3,(H,18,20)(H,21,22). The summed E-state index contributed by atoms with van der Waals surface area (Å²) < 4.78 is 9.96. The number of carbonyl (C=O) groups excluding carboxylic acids is 1. The second-order valence-electron chi connectivity index (χ2n) is 5.36. The highest BCUT2D eigenvalue weighted by Crippen LogP contribution is 2.28. The van der Waals surface area contributed by atoms with Crippen LogP contribution in [0.1, 0.15) is 27.4 Å². The molecule has 2 aromatic rings. The van der Waals surface area contributed by atoms with Crippen molar-refractivity contribution in [2.75, 3.05) is 13.7 Å². The molecule has 25 heavy (non-hydrogen) atoms. The molecular weight excluding hydrogens is 344 g/mol. The van der Waals surface area contributed by atoms with Gasteiger partial charge in [0.25, 0.3) is 5.91 Å². The first-order valence-electron chi connectivity index (χ1n) is 7.61. The SMILES string of the molecule is COC(CNC(=O)c1ccccc1SCc1c(C)noc1C)C(=O)O. The number of aliphatic carboxylic acids is 1. The quantitative estimate of drug-likeness (QED) is 0.694. The molecule has 0 aliphatic heterocycles. The van der Waals surface area contributed by atoms with Gasteiger partial charge in [-0.15, -0.1) is 11.8 Å². The summed E-state index contributed by atoms with van der Waals surface area (Å²) in [4.78, 5) is 24.1. The molecular formula is C17H20N2O5S. The van der Waals surface area contributed by atoms with Crippen LogP contribution in [0.15, 0.2) is 33.7 Å². The van der Waals surface area contributed by atoms with Gasteiger partial charge in [0.05, 0.1) is 17.8 Å². The molecule has 1 amide bonds. The second kappa shape index (κ2) is 8.68. The van der Waals surface area contributed by atoms with Crippen LogP contribution in [0.25, 0.3) is 0 Å². The predicted molar refractivity (Wildman–Crippen MR) is 92.7 cm³/mol. The van der Waals surface area contributed by atoms with E-state index in [1.54, 1.807) is 12.1 Å². The number of amides is 1. The fourth-order valence-electron chi connectivity index (χ4n) is 2.19. The molecule has 0 bridgehead atoms. The lowest BCUT2D eigenvalue weighted by Gasteiger charge is -2.13. The van der Waals surface area contributed by atoms with E-state index < -0.39 is 12.1 Å². The van der Waals surface area contributed by atoms with E-state index in [4.69, 9.17) is 14.4 Å². The number of carboxylic acids is 1. The van der Waals surface area contributed by atoms with Crippen molar-refractivity contribution in [3.05, 3.63) is 46.8 Å². The van der Waals surface area contributed by atoms with Crippen LogP contribution < -0.4 is 5.32 Å². The van der Waals surface area contributed by atoms with E-state index in [0.717, 1.165) is 21.9 Å². The first-order chi connectivity index (χ1) is 11.9. The van der Waals surface area contributed by atoms with E-state index >= 15 is 0 Å². The molecule has 0 saturated heterocycles. The Kier molecular flexibility index (Phi) is 6.60. The molecule has 1 atom stereocenters. The molecule has 8 heteroatoms. The minimum absolute atomic E-state index is 0.104. The van der Waals surface area contributed by atoms with Crippen molar-refractivity contribution >= 4 is 23.6 Å². The Bertz CT molecular complexity index is 740. The van der Waals surface area contributed by atoms with Gasteiger partial charge < -0.3 is 19.7 Å². The fraction of sp³-hybridized carbons (Fsp3) is 0.353. The third kappa shape index (κ3) is 4.83. The van der Waals surface area contributed by atoms with Crippen molar-refractivity contribution in [2.24, 2.45) is 0 Å². The van der Waals surface area contributed by atoms with Crippen LogP contribution in [0.5, 0.6) is 0 Å². The summed E-state index contributed by atoms with van der Waals surface area (Å²) >= 11 is 1.50. The zero-order valence-electron chi connectivity index (χ0n) is 14.2. The highest BCUT2D eigenvalue weighted by atomic mass is 32.2. The number of carboxylic acid groups (broad SMARTS) is 1. The molecule has 0 saturated carbocycles. The number of ether oxygens (including phenoxy) is 1. The van der Waals surface area contributed by atoms with Crippen molar-refractivity contribution in [1.29, 1.82) is 0 Å². The molecule has 1 aromatic carbocycles. The minimum atomic E-state index is -1.12. The number of aromatic nitrogens is 1. The molecule has 0 aliphatic rings. The van der Waals surface area contributed by atoms with Crippen molar-refractivity contribution in [2.45, 2.75) is 30.6 Å². The monoisotopic (exact) mass is 364 g/mol. The Morgan fingerprint density at radius 1 is 1.36 bits per heavy atom. The maximum Gasteiger partial charge on any atom is 0.334 e. The first-order valence-corrected chi connectivity index (χ1v) is 8.60. The van der Waals surface area contributed by atoms with Gasteiger partial charge >= 0.3 is 5.97 Å². The molecule has 0 radical (unpaired) electrons. The van der Waals surface area contributed by atoms with E-state index in [1.165, 1.54) is 18.9 Å². The maximum absolute atomic E-state index is 12.4. The van der Waals surface area contributed by atoms with E-state index in [0.29, 0.717) is 11.3 Å². The average Bonchev–Trinajstić information content (AvgIpc) is 2.91. The lowest BCUT2D eigenvalue weighted by atomic mass is 10.2. The van der Waals surface area contributed by atoms with Gasteiger partial charge in [-0.1, -0.05) is 17.3 Å². The van der Waals surface area contributed by atoms with E-state index in [1.807, 2.05) is 26.0 Å². The minimum Gasteiger partial charge on any atom is -0.479 e. The van der Waals surface area contributed by atoms with Gasteiger partial charge in [0, 0.05) is 23.3 Å². The lowest BCUT2D eigenvalue weighted by Crippen LogP contribution is -2.38. The molecule has 1 unspecified atom stereocenters. The molecule has 0 spiro atoms. The van der Waals surface area contributed by atoms with Crippen LogP contribution in [-0.2, 0) is 15.3 Å². The number of nitrogens with one attached hydrogen (secondary N) is 1. The van der Waals surface area contributed by atoms with Gasteiger partial charge in [-0.05, 0) is 26.0 Å². The highest BCUT2D eigenvalue weighted by molar-refractivity contribution is 7.98. The fourth-order valence-corrected chi connectivity index (χ4v) is 3.39. The summed E-state index contributed by atoms with van der Waals surface area (Å²) in [6.07, 6.45) is -1.08. The van der Waals surface area contributed by atoms with Crippen molar-refractivity contribution < 1.29 is 24.0 Å². The number of carbonyl (C=O) groups is 2. The van der Waals surface area contributed by atoms with Gasteiger partial charge in [0.15, 0.2) is 6.10 Å². The molecule has 2 rings (SSSR count). The Balaban J connectivity index is 2.06. The average molecular weight is 364 g/mol. The molecule has 7 nitrogen and oxygen atoms in total. The number of methoxy groups -OCH3 is 1. The molecule has 1 heterocycles. The van der Waals surface area contributed by atoms with Crippen molar-refractivity contribution in [1.82, 2.24) is 10.5 Å². The number of thioether (sulfide) groups is 1. The lowest BCUT2D eigenvalue weighted by molar-refractivity contribution is -0.148. The topological polar surface area (TPSA) is 102 Å². The van der Waals surface area contributed by atoms with E-state index in [9.17, 15) is 9.59 Å². The zero-order valence-corrected chi connectivity index (χ0v) is 15.1. The van der Waals surface area contributed by atoms with Crippen molar-refractivity contribution in [3.63, 3.8) is 0 Å². The van der Waals surface area contributed by atoms with Crippen LogP contribution in [0.2, 0.25) is 0 Å². The van der Waals surface area contributed by atoms with Crippen LogP contribution in [-0.4, -0.2) is 41.9 Å². The molecule has 0 aliphatic carbocycles. The molecule has 134 valence electrons. The third-order valence-electron chi connectivity index (χ3n) is 3.69. The number of rotatable bonds is 8. The second-order valence-corrected chi connectivity index (χ2v) is 6.38. The van der Waals surface area contributed by atoms with Gasteiger partial charge in [-0.3, -0.25) is 4.79 Å². The van der Waals surface area contributed by atoms with Crippen molar-refractivity contribution in [3.8, 4) is 0 Å². The summed E-state index contributed by atoms with van der Waals surface area (Å²) in [5, 5.41) is 15.5. The Labute approximate surface area is 149 Å². The summed E-state index contributed by atoms with van der Waals surface area (Å²) in [6, 6.07) is 7.16. The predicted octanol–water partition coefficient (Wildman–Crippen LogP) is 2.41. The number of hydrogen-bond donors (Lipinski definition) is 2. The largest absolute Gasteiger partial charge is 0.479 e. The number of hydrogen-bond acceptors (Lipinski definition) is 6. The van der Waals surface area contributed by atoms with Gasteiger partial charge in [0.2, 0.25) is 0 Å². The van der Waals surface area contributed by atoms with Gasteiger partial charge in [-0.2, -0.15) is 0 Å². The number of benzene rings is 1. The zero-order chi connectivity index (χ0) is 18.4. The first kappa shape index (κ1) is 19.0. The van der Waals surface area contributed by atoms with Crippen LogP contribution in [0, 0.1) is 13.8 Å².